The van der Waals surface area contributed by atoms with Crippen LogP contribution in [0.2, 0.25) is 0 Å². The number of morpholine rings is 1. The number of likely N-dealkylation sites (N-methyl/N-ethyl adjacent to an activating group) is 1. The van der Waals surface area contributed by atoms with Crippen LogP contribution in [0.3, 0.4) is 0 Å². The maximum Gasteiger partial charge on any atom is 0.0900 e. The highest BCUT2D eigenvalue weighted by Crippen LogP contribution is 2.12. The molecule has 6 nitrogen and oxygen atoms in total. The summed E-state index contributed by atoms with van der Waals surface area (Å²) < 4.78 is 16.8. The minimum Gasteiger partial charge on any atom is -0.389 e. The number of β-amino-alcohol motifs (C(OH)–C–C–N with tert-alkyl or cyclic N) is 1. The van der Waals surface area contributed by atoms with E-state index in [1.54, 1.807) is 0 Å². The molecule has 0 spiro atoms. The summed E-state index contributed by atoms with van der Waals surface area (Å²) in [5.74, 6) is 0. The fraction of sp³-hybridized carbons (Fsp3) is 1.00. The van der Waals surface area contributed by atoms with Crippen LogP contribution in [-0.4, -0.2) is 99.9 Å². The van der Waals surface area contributed by atoms with Crippen LogP contribution in [0.5, 0.6) is 0 Å². The van der Waals surface area contributed by atoms with Gasteiger partial charge in [0.25, 0.3) is 0 Å². The number of hydrogen-bond donors (Lipinski definition) is 1. The fourth-order valence-corrected chi connectivity index (χ4v) is 2.93. The second-order valence-electron chi connectivity index (χ2n) is 6.34. The second kappa shape index (κ2) is 9.02. The molecule has 3 atom stereocenters. The molecule has 124 valence electrons. The van der Waals surface area contributed by atoms with Crippen molar-refractivity contribution in [1.82, 2.24) is 9.80 Å². The average molecular weight is 302 g/mol. The zero-order valence-corrected chi connectivity index (χ0v) is 13.4. The Morgan fingerprint density at radius 2 is 2.10 bits per heavy atom. The Bertz CT molecular complexity index is 285. The average Bonchev–Trinajstić information content (AvgIpc) is 2.91. The van der Waals surface area contributed by atoms with Gasteiger partial charge < -0.3 is 24.2 Å². The molecule has 2 saturated heterocycles. The molecule has 0 saturated carbocycles. The Hall–Kier alpha value is -0.240. The van der Waals surface area contributed by atoms with Gasteiger partial charge in [-0.1, -0.05) is 0 Å². The van der Waals surface area contributed by atoms with Gasteiger partial charge in [-0.05, 0) is 26.9 Å². The molecule has 1 N–H and O–H groups in total. The molecule has 0 aliphatic carbocycles. The predicted octanol–water partition coefficient (Wildman–Crippen LogP) is -0.195. The number of aliphatic hydroxyl groups is 1. The van der Waals surface area contributed by atoms with E-state index in [-0.39, 0.29) is 12.2 Å². The summed E-state index contributed by atoms with van der Waals surface area (Å²) in [6.07, 6.45) is 2.21. The zero-order valence-electron chi connectivity index (χ0n) is 13.4. The number of ether oxygens (including phenoxy) is 3. The summed E-state index contributed by atoms with van der Waals surface area (Å²) in [4.78, 5) is 4.40. The molecule has 21 heavy (non-hydrogen) atoms. The first kappa shape index (κ1) is 17.1. The topological polar surface area (TPSA) is 54.4 Å². The van der Waals surface area contributed by atoms with Crippen LogP contribution < -0.4 is 0 Å². The lowest BCUT2D eigenvalue weighted by molar-refractivity contribution is -0.0630. The van der Waals surface area contributed by atoms with Crippen molar-refractivity contribution in [2.45, 2.75) is 31.2 Å². The predicted molar refractivity (Wildman–Crippen MR) is 80.5 cm³/mol. The molecular formula is C15H30N2O4. The highest BCUT2D eigenvalue weighted by atomic mass is 16.5. The summed E-state index contributed by atoms with van der Waals surface area (Å²) in [7, 11) is 4.10. The first-order valence-corrected chi connectivity index (χ1v) is 7.99. The number of rotatable bonds is 8. The van der Waals surface area contributed by atoms with Crippen molar-refractivity contribution in [3.63, 3.8) is 0 Å². The van der Waals surface area contributed by atoms with Gasteiger partial charge in [-0.15, -0.1) is 0 Å². The lowest BCUT2D eigenvalue weighted by Gasteiger charge is -2.35. The van der Waals surface area contributed by atoms with Crippen molar-refractivity contribution in [2.75, 3.05) is 66.7 Å². The van der Waals surface area contributed by atoms with E-state index in [0.717, 1.165) is 45.7 Å². The highest BCUT2D eigenvalue weighted by Gasteiger charge is 2.23. The van der Waals surface area contributed by atoms with Crippen molar-refractivity contribution >= 4 is 0 Å². The Kier molecular flexibility index (Phi) is 7.36. The first-order chi connectivity index (χ1) is 10.1. The van der Waals surface area contributed by atoms with Crippen LogP contribution in [0.15, 0.2) is 0 Å². The normalized spacial score (nSPS) is 29.1. The maximum atomic E-state index is 10.1. The van der Waals surface area contributed by atoms with Crippen molar-refractivity contribution in [1.29, 1.82) is 0 Å². The van der Waals surface area contributed by atoms with Crippen LogP contribution in [0.25, 0.3) is 0 Å². The Morgan fingerprint density at radius 1 is 1.29 bits per heavy atom. The molecule has 2 fully saturated rings. The van der Waals surface area contributed by atoms with E-state index in [1.165, 1.54) is 0 Å². The molecule has 0 radical (unpaired) electrons. The Balaban J connectivity index is 1.58. The molecule has 2 heterocycles. The summed E-state index contributed by atoms with van der Waals surface area (Å²) in [5.41, 5.74) is 0. The Labute approximate surface area is 127 Å². The van der Waals surface area contributed by atoms with Gasteiger partial charge in [-0.2, -0.15) is 0 Å². The third-order valence-electron chi connectivity index (χ3n) is 3.90. The van der Waals surface area contributed by atoms with Crippen LogP contribution in [0.1, 0.15) is 12.8 Å². The molecule has 2 aliphatic rings. The van der Waals surface area contributed by atoms with E-state index in [2.05, 4.69) is 23.9 Å². The third kappa shape index (κ3) is 6.59. The molecule has 0 amide bonds. The number of hydrogen-bond acceptors (Lipinski definition) is 6. The molecule has 6 heteroatoms. The first-order valence-electron chi connectivity index (χ1n) is 7.99. The lowest BCUT2D eigenvalue weighted by Crippen LogP contribution is -2.49. The summed E-state index contributed by atoms with van der Waals surface area (Å²) in [6.45, 7) is 5.90. The van der Waals surface area contributed by atoms with E-state index in [9.17, 15) is 5.11 Å². The molecule has 0 aromatic carbocycles. The standard InChI is InChI=1S/C15H30N2O4/c1-16(2)9-15-10-17(5-7-21-15)8-13(18)11-19-12-14-4-3-6-20-14/h13-15,18H,3-12H2,1-2H3/t13-,14+,15-/m1/s1. The number of aliphatic hydroxyl groups excluding tert-OH is 1. The van der Waals surface area contributed by atoms with Gasteiger partial charge >= 0.3 is 0 Å². The van der Waals surface area contributed by atoms with Crippen LogP contribution in [0.4, 0.5) is 0 Å². The SMILES string of the molecule is CN(C)C[C@@H]1CN(C[C@@H](O)COC[C@@H]2CCCO2)CCO1. The van der Waals surface area contributed by atoms with Crippen LogP contribution >= 0.6 is 0 Å². The maximum absolute atomic E-state index is 10.1. The molecule has 2 rings (SSSR count). The van der Waals surface area contributed by atoms with Gasteiger partial charge in [-0.3, -0.25) is 4.90 Å². The molecule has 0 bridgehead atoms. The summed E-state index contributed by atoms with van der Waals surface area (Å²) in [5, 5.41) is 10.1. The van der Waals surface area contributed by atoms with Gasteiger partial charge in [0.2, 0.25) is 0 Å². The van der Waals surface area contributed by atoms with Crippen LogP contribution in [-0.2, 0) is 14.2 Å². The molecule has 0 unspecified atom stereocenters. The van der Waals surface area contributed by atoms with Crippen molar-refractivity contribution in [2.24, 2.45) is 0 Å². The van der Waals surface area contributed by atoms with E-state index in [0.29, 0.717) is 19.8 Å². The summed E-state index contributed by atoms with van der Waals surface area (Å²) >= 11 is 0. The second-order valence-corrected chi connectivity index (χ2v) is 6.34. The number of nitrogens with zero attached hydrogens (tertiary/aromatic N) is 2. The largest absolute Gasteiger partial charge is 0.389 e. The zero-order chi connectivity index (χ0) is 15.1. The minimum atomic E-state index is -0.440. The highest BCUT2D eigenvalue weighted by molar-refractivity contribution is 4.75. The van der Waals surface area contributed by atoms with Crippen molar-refractivity contribution in [3.8, 4) is 0 Å². The van der Waals surface area contributed by atoms with Gasteiger partial charge in [0, 0.05) is 32.8 Å². The molecule has 2 aliphatic heterocycles. The molecule has 0 aromatic rings. The van der Waals surface area contributed by atoms with E-state index >= 15 is 0 Å². The molecular weight excluding hydrogens is 272 g/mol. The Morgan fingerprint density at radius 3 is 2.81 bits per heavy atom. The molecule has 0 aromatic heterocycles. The monoisotopic (exact) mass is 302 g/mol. The van der Waals surface area contributed by atoms with Gasteiger partial charge in [0.15, 0.2) is 0 Å². The quantitative estimate of drug-likeness (QED) is 0.670. The minimum absolute atomic E-state index is 0.227. The lowest BCUT2D eigenvalue weighted by atomic mass is 10.2. The smallest absolute Gasteiger partial charge is 0.0900 e. The van der Waals surface area contributed by atoms with Gasteiger partial charge in [0.1, 0.15) is 0 Å². The summed E-state index contributed by atoms with van der Waals surface area (Å²) in [6, 6.07) is 0. The van der Waals surface area contributed by atoms with Crippen molar-refractivity contribution in [3.05, 3.63) is 0 Å². The van der Waals surface area contributed by atoms with Gasteiger partial charge in [0.05, 0.1) is 38.1 Å². The van der Waals surface area contributed by atoms with Crippen LogP contribution in [0, 0.1) is 0 Å². The third-order valence-corrected chi connectivity index (χ3v) is 3.90. The van der Waals surface area contributed by atoms with E-state index in [1.807, 2.05) is 0 Å². The fourth-order valence-electron chi connectivity index (χ4n) is 2.93. The van der Waals surface area contributed by atoms with Gasteiger partial charge in [-0.25, -0.2) is 0 Å². The van der Waals surface area contributed by atoms with E-state index < -0.39 is 6.10 Å². The van der Waals surface area contributed by atoms with Crippen molar-refractivity contribution < 1.29 is 19.3 Å². The van der Waals surface area contributed by atoms with E-state index in [4.69, 9.17) is 14.2 Å².